The molecule has 0 radical (unpaired) electrons. The number of carbonyl (C=O) groups excluding carboxylic acids is 2. The largest absolute Gasteiger partial charge is 0.486 e. The third-order valence-electron chi connectivity index (χ3n) is 5.37. The number of hydrogen-bond donors (Lipinski definition) is 2. The number of aromatic amines is 1. The fraction of sp³-hybridized carbons (Fsp3) is 0.400. The van der Waals surface area contributed by atoms with Crippen LogP contribution in [0.4, 0.5) is 10.5 Å². The molecule has 2 amide bonds. The van der Waals surface area contributed by atoms with Crippen LogP contribution in [-0.4, -0.2) is 32.3 Å². The molecule has 0 fully saturated rings. The van der Waals surface area contributed by atoms with Crippen LogP contribution in [-0.2, 0) is 13.1 Å². The van der Waals surface area contributed by atoms with Crippen LogP contribution < -0.4 is 15.6 Å². The lowest BCUT2D eigenvalue weighted by Crippen LogP contribution is -2.38. The van der Waals surface area contributed by atoms with Crippen molar-refractivity contribution in [2.75, 3.05) is 5.32 Å². The van der Waals surface area contributed by atoms with Gasteiger partial charge in [-0.1, -0.05) is 6.92 Å². The van der Waals surface area contributed by atoms with E-state index in [1.807, 2.05) is 13.8 Å². The number of rotatable bonds is 2. The molecule has 3 heterocycles. The Morgan fingerprint density at radius 2 is 2.14 bits per heavy atom. The van der Waals surface area contributed by atoms with Gasteiger partial charge < -0.3 is 19.9 Å². The van der Waals surface area contributed by atoms with E-state index in [9.17, 15) is 14.4 Å². The summed E-state index contributed by atoms with van der Waals surface area (Å²) < 4.78 is 5.98. The summed E-state index contributed by atoms with van der Waals surface area (Å²) in [5.74, 6) is 1.07. The zero-order valence-corrected chi connectivity index (χ0v) is 16.1. The van der Waals surface area contributed by atoms with Crippen LogP contribution in [0.1, 0.15) is 54.1 Å². The molecule has 2 aliphatic heterocycles. The van der Waals surface area contributed by atoms with Crippen LogP contribution in [0.25, 0.3) is 0 Å². The number of benzene rings is 1. The molecule has 2 aromatic rings. The number of hydrogen-bond acceptors (Lipinski definition) is 5. The molecule has 0 bridgehead atoms. The summed E-state index contributed by atoms with van der Waals surface area (Å²) >= 11 is 0. The standard InChI is InChI=1S/C20H22N4O4/c1-4-20(3)8-16(25)13-7-12(5-6-17(13)28-20)23-19(27)24-9-14-15(10-24)21-11(2)22-18(14)26/h5-7H,4,8-10H2,1-3H3,(H,23,27)(H,21,22,26)/t20-/m1/s1. The Morgan fingerprint density at radius 3 is 2.89 bits per heavy atom. The van der Waals surface area contributed by atoms with Gasteiger partial charge in [0.25, 0.3) is 5.56 Å². The molecule has 0 unspecified atom stereocenters. The van der Waals surface area contributed by atoms with E-state index in [1.54, 1.807) is 25.1 Å². The number of ether oxygens (including phenoxy) is 1. The molecule has 28 heavy (non-hydrogen) atoms. The first kappa shape index (κ1) is 18.2. The van der Waals surface area contributed by atoms with Gasteiger partial charge in [0.1, 0.15) is 17.2 Å². The summed E-state index contributed by atoms with van der Waals surface area (Å²) in [7, 11) is 0. The quantitative estimate of drug-likeness (QED) is 0.831. The van der Waals surface area contributed by atoms with Crippen molar-refractivity contribution >= 4 is 17.5 Å². The van der Waals surface area contributed by atoms with E-state index in [4.69, 9.17) is 4.74 Å². The van der Waals surface area contributed by atoms with Gasteiger partial charge in [0.15, 0.2) is 5.78 Å². The van der Waals surface area contributed by atoms with E-state index in [2.05, 4.69) is 15.3 Å². The molecule has 1 aromatic carbocycles. The van der Waals surface area contributed by atoms with Crippen molar-refractivity contribution in [3.05, 3.63) is 51.2 Å². The average molecular weight is 382 g/mol. The lowest BCUT2D eigenvalue weighted by atomic mass is 9.89. The molecule has 4 rings (SSSR count). The van der Waals surface area contributed by atoms with Gasteiger partial charge in [-0.3, -0.25) is 9.59 Å². The van der Waals surface area contributed by atoms with Crippen molar-refractivity contribution < 1.29 is 14.3 Å². The molecular formula is C20H22N4O4. The first-order chi connectivity index (χ1) is 13.3. The number of aryl methyl sites for hydroxylation is 1. The SMILES string of the molecule is CC[C@]1(C)CC(=O)c2cc(NC(=O)N3Cc4nc(C)[nH]c(=O)c4C3)ccc2O1. The Morgan fingerprint density at radius 1 is 1.36 bits per heavy atom. The Balaban J connectivity index is 1.51. The number of ketones is 1. The van der Waals surface area contributed by atoms with Gasteiger partial charge in [0.05, 0.1) is 36.3 Å². The number of aromatic nitrogens is 2. The summed E-state index contributed by atoms with van der Waals surface area (Å²) in [5, 5.41) is 2.80. The number of anilines is 1. The Hall–Kier alpha value is -3.16. The summed E-state index contributed by atoms with van der Waals surface area (Å²) in [6, 6.07) is 4.72. The summed E-state index contributed by atoms with van der Waals surface area (Å²) in [6.07, 6.45) is 1.04. The van der Waals surface area contributed by atoms with Crippen LogP contribution in [0.3, 0.4) is 0 Å². The summed E-state index contributed by atoms with van der Waals surface area (Å²) in [6.45, 7) is 6.09. The highest BCUT2D eigenvalue weighted by atomic mass is 16.5. The van der Waals surface area contributed by atoms with E-state index >= 15 is 0 Å². The fourth-order valence-corrected chi connectivity index (χ4v) is 3.58. The normalized spacial score (nSPS) is 20.4. The number of carbonyl (C=O) groups is 2. The number of fused-ring (bicyclic) bond motifs is 2. The van der Waals surface area contributed by atoms with Crippen LogP contribution >= 0.6 is 0 Å². The number of amides is 2. The molecule has 0 aliphatic carbocycles. The van der Waals surface area contributed by atoms with Crippen molar-refractivity contribution in [3.63, 3.8) is 0 Å². The summed E-state index contributed by atoms with van der Waals surface area (Å²) in [5.41, 5.74) is 1.40. The molecule has 146 valence electrons. The first-order valence-electron chi connectivity index (χ1n) is 9.29. The molecule has 0 saturated carbocycles. The van der Waals surface area contributed by atoms with Gasteiger partial charge in [-0.2, -0.15) is 0 Å². The highest BCUT2D eigenvalue weighted by Crippen LogP contribution is 2.36. The zero-order valence-electron chi connectivity index (χ0n) is 16.1. The number of nitrogens with one attached hydrogen (secondary N) is 2. The van der Waals surface area contributed by atoms with E-state index < -0.39 is 5.60 Å². The number of Topliss-reactive ketones (excluding diaryl/α,β-unsaturated/α-hetero) is 1. The smallest absolute Gasteiger partial charge is 0.322 e. The molecular weight excluding hydrogens is 360 g/mol. The second-order valence-electron chi connectivity index (χ2n) is 7.58. The maximum atomic E-state index is 12.6. The Labute approximate surface area is 161 Å². The Kier molecular flexibility index (Phi) is 4.21. The molecule has 1 atom stereocenters. The second kappa shape index (κ2) is 6.47. The van der Waals surface area contributed by atoms with Crippen LogP contribution in [0.15, 0.2) is 23.0 Å². The van der Waals surface area contributed by atoms with Crippen molar-refractivity contribution in [1.82, 2.24) is 14.9 Å². The molecule has 0 spiro atoms. The van der Waals surface area contributed by atoms with Crippen molar-refractivity contribution in [1.29, 1.82) is 0 Å². The number of H-pyrrole nitrogens is 1. The van der Waals surface area contributed by atoms with Crippen LogP contribution in [0.2, 0.25) is 0 Å². The molecule has 2 aliphatic rings. The minimum atomic E-state index is -0.492. The third kappa shape index (κ3) is 3.15. The number of urea groups is 1. The maximum absolute atomic E-state index is 12.6. The van der Waals surface area contributed by atoms with Crippen LogP contribution in [0, 0.1) is 6.92 Å². The van der Waals surface area contributed by atoms with Crippen molar-refractivity contribution in [2.24, 2.45) is 0 Å². The molecule has 0 saturated heterocycles. The highest BCUT2D eigenvalue weighted by molar-refractivity contribution is 6.02. The van der Waals surface area contributed by atoms with Gasteiger partial charge in [-0.25, -0.2) is 9.78 Å². The van der Waals surface area contributed by atoms with E-state index in [0.29, 0.717) is 40.5 Å². The van der Waals surface area contributed by atoms with Crippen molar-refractivity contribution in [2.45, 2.75) is 52.3 Å². The van der Waals surface area contributed by atoms with E-state index in [1.165, 1.54) is 4.90 Å². The second-order valence-corrected chi connectivity index (χ2v) is 7.58. The number of nitrogens with zero attached hydrogens (tertiary/aromatic N) is 2. The van der Waals surface area contributed by atoms with Gasteiger partial charge in [0, 0.05) is 5.69 Å². The van der Waals surface area contributed by atoms with Gasteiger partial charge in [0.2, 0.25) is 0 Å². The predicted octanol–water partition coefficient (Wildman–Crippen LogP) is 2.76. The monoisotopic (exact) mass is 382 g/mol. The highest BCUT2D eigenvalue weighted by Gasteiger charge is 2.35. The lowest BCUT2D eigenvalue weighted by molar-refractivity contribution is 0.0499. The van der Waals surface area contributed by atoms with Gasteiger partial charge in [-0.05, 0) is 38.5 Å². The average Bonchev–Trinajstić information content (AvgIpc) is 3.07. The molecule has 8 nitrogen and oxygen atoms in total. The molecule has 1 aromatic heterocycles. The van der Waals surface area contributed by atoms with E-state index in [0.717, 1.165) is 6.42 Å². The van der Waals surface area contributed by atoms with E-state index in [-0.39, 0.29) is 30.5 Å². The zero-order chi connectivity index (χ0) is 20.1. The Bertz CT molecular complexity index is 1040. The topological polar surface area (TPSA) is 104 Å². The molecule has 8 heteroatoms. The van der Waals surface area contributed by atoms with Crippen LogP contribution in [0.5, 0.6) is 5.75 Å². The fourth-order valence-electron chi connectivity index (χ4n) is 3.58. The maximum Gasteiger partial charge on any atom is 0.322 e. The summed E-state index contributed by atoms with van der Waals surface area (Å²) in [4.78, 5) is 45.7. The minimum Gasteiger partial charge on any atom is -0.486 e. The lowest BCUT2D eigenvalue weighted by Gasteiger charge is -2.34. The third-order valence-corrected chi connectivity index (χ3v) is 5.37. The van der Waals surface area contributed by atoms with Gasteiger partial charge in [-0.15, -0.1) is 0 Å². The van der Waals surface area contributed by atoms with Crippen molar-refractivity contribution in [3.8, 4) is 5.75 Å². The first-order valence-corrected chi connectivity index (χ1v) is 9.29. The predicted molar refractivity (Wildman–Crippen MR) is 103 cm³/mol. The molecule has 2 N–H and O–H groups in total. The van der Waals surface area contributed by atoms with Gasteiger partial charge >= 0.3 is 6.03 Å². The minimum absolute atomic E-state index is 0.00138.